The topological polar surface area (TPSA) is 49.8 Å². The van der Waals surface area contributed by atoms with E-state index in [1.807, 2.05) is 13.8 Å². The summed E-state index contributed by atoms with van der Waals surface area (Å²) >= 11 is 0. The number of aliphatic hydroxyl groups is 1. The standard InChI is InChI=1S/C9H19NO3/c1-8(2)10(5-6-11)9(12)4-7-13-3/h8,11H,4-7H2,1-3H3. The Bertz CT molecular complexity index is 148. The largest absolute Gasteiger partial charge is 0.395 e. The quantitative estimate of drug-likeness (QED) is 0.651. The van der Waals surface area contributed by atoms with Crippen molar-refractivity contribution in [2.24, 2.45) is 0 Å². The van der Waals surface area contributed by atoms with E-state index in [2.05, 4.69) is 0 Å². The van der Waals surface area contributed by atoms with Gasteiger partial charge in [-0.3, -0.25) is 4.79 Å². The van der Waals surface area contributed by atoms with Crippen molar-refractivity contribution in [2.75, 3.05) is 26.9 Å². The third kappa shape index (κ3) is 4.85. The molecular weight excluding hydrogens is 170 g/mol. The molecule has 0 aromatic rings. The molecule has 0 aromatic carbocycles. The zero-order valence-electron chi connectivity index (χ0n) is 8.62. The molecular formula is C9H19NO3. The minimum absolute atomic E-state index is 0.0108. The van der Waals surface area contributed by atoms with Gasteiger partial charge in [-0.1, -0.05) is 0 Å². The lowest BCUT2D eigenvalue weighted by atomic mass is 10.3. The Morgan fingerprint density at radius 2 is 2.15 bits per heavy atom. The first-order valence-electron chi connectivity index (χ1n) is 4.52. The summed E-state index contributed by atoms with van der Waals surface area (Å²) in [4.78, 5) is 13.1. The van der Waals surface area contributed by atoms with Crippen molar-refractivity contribution in [1.82, 2.24) is 4.90 Å². The summed E-state index contributed by atoms with van der Waals surface area (Å²) in [6, 6.07) is 0.136. The number of carbonyl (C=O) groups excluding carboxylic acids is 1. The van der Waals surface area contributed by atoms with Gasteiger partial charge in [0.1, 0.15) is 0 Å². The molecule has 0 aliphatic heterocycles. The zero-order valence-corrected chi connectivity index (χ0v) is 8.62. The smallest absolute Gasteiger partial charge is 0.225 e. The predicted molar refractivity (Wildman–Crippen MR) is 50.4 cm³/mol. The van der Waals surface area contributed by atoms with Crippen molar-refractivity contribution in [2.45, 2.75) is 26.3 Å². The third-order valence-electron chi connectivity index (χ3n) is 1.80. The van der Waals surface area contributed by atoms with E-state index in [0.717, 1.165) is 0 Å². The van der Waals surface area contributed by atoms with E-state index < -0.39 is 0 Å². The minimum Gasteiger partial charge on any atom is -0.395 e. The fourth-order valence-corrected chi connectivity index (χ4v) is 1.11. The molecule has 13 heavy (non-hydrogen) atoms. The molecule has 0 fully saturated rings. The fraction of sp³-hybridized carbons (Fsp3) is 0.889. The average molecular weight is 189 g/mol. The number of methoxy groups -OCH3 is 1. The molecule has 0 saturated heterocycles. The molecule has 0 rings (SSSR count). The molecule has 0 heterocycles. The van der Waals surface area contributed by atoms with Crippen molar-refractivity contribution in [3.8, 4) is 0 Å². The summed E-state index contributed by atoms with van der Waals surface area (Å²) in [5, 5.41) is 8.73. The molecule has 0 aromatic heterocycles. The van der Waals surface area contributed by atoms with E-state index in [-0.39, 0.29) is 18.6 Å². The van der Waals surface area contributed by atoms with E-state index in [1.54, 1.807) is 12.0 Å². The molecule has 0 spiro atoms. The highest BCUT2D eigenvalue weighted by atomic mass is 16.5. The number of rotatable bonds is 6. The Morgan fingerprint density at radius 3 is 2.54 bits per heavy atom. The summed E-state index contributed by atoms with van der Waals surface area (Å²) in [6.07, 6.45) is 0.384. The number of nitrogens with zero attached hydrogens (tertiary/aromatic N) is 1. The van der Waals surface area contributed by atoms with E-state index in [1.165, 1.54) is 0 Å². The summed E-state index contributed by atoms with van der Waals surface area (Å²) in [7, 11) is 1.57. The monoisotopic (exact) mass is 189 g/mol. The molecule has 0 bridgehead atoms. The predicted octanol–water partition coefficient (Wildman–Crippen LogP) is 0.252. The molecule has 0 unspecified atom stereocenters. The van der Waals surface area contributed by atoms with E-state index >= 15 is 0 Å². The van der Waals surface area contributed by atoms with Crippen molar-refractivity contribution in [1.29, 1.82) is 0 Å². The van der Waals surface area contributed by atoms with Gasteiger partial charge in [0.2, 0.25) is 5.91 Å². The van der Waals surface area contributed by atoms with Gasteiger partial charge in [0.15, 0.2) is 0 Å². The van der Waals surface area contributed by atoms with Gasteiger partial charge in [-0.05, 0) is 13.8 Å². The second-order valence-corrected chi connectivity index (χ2v) is 3.15. The first kappa shape index (κ1) is 12.4. The van der Waals surface area contributed by atoms with Gasteiger partial charge in [0.05, 0.1) is 19.6 Å². The molecule has 4 heteroatoms. The zero-order chi connectivity index (χ0) is 10.3. The number of aliphatic hydroxyl groups excluding tert-OH is 1. The first-order chi connectivity index (χ1) is 6.13. The van der Waals surface area contributed by atoms with Gasteiger partial charge in [0.25, 0.3) is 0 Å². The van der Waals surface area contributed by atoms with Crippen molar-refractivity contribution in [3.05, 3.63) is 0 Å². The molecule has 0 aliphatic carbocycles. The summed E-state index contributed by atoms with van der Waals surface area (Å²) in [5.74, 6) is 0.0332. The first-order valence-corrected chi connectivity index (χ1v) is 4.52. The van der Waals surface area contributed by atoms with Gasteiger partial charge in [-0.25, -0.2) is 0 Å². The lowest BCUT2D eigenvalue weighted by Crippen LogP contribution is -2.39. The van der Waals surface area contributed by atoms with E-state index in [0.29, 0.717) is 19.6 Å². The van der Waals surface area contributed by atoms with Gasteiger partial charge >= 0.3 is 0 Å². The molecule has 4 nitrogen and oxygen atoms in total. The van der Waals surface area contributed by atoms with Crippen molar-refractivity contribution >= 4 is 5.91 Å². The second kappa shape index (κ2) is 6.86. The highest BCUT2D eigenvalue weighted by molar-refractivity contribution is 5.76. The molecule has 78 valence electrons. The number of hydrogen-bond acceptors (Lipinski definition) is 3. The summed E-state index contributed by atoms with van der Waals surface area (Å²) < 4.78 is 4.81. The van der Waals surface area contributed by atoms with Crippen LogP contribution in [0.25, 0.3) is 0 Å². The fourth-order valence-electron chi connectivity index (χ4n) is 1.11. The molecule has 1 N–H and O–H groups in total. The maximum Gasteiger partial charge on any atom is 0.225 e. The van der Waals surface area contributed by atoms with Crippen LogP contribution >= 0.6 is 0 Å². The Morgan fingerprint density at radius 1 is 1.54 bits per heavy atom. The summed E-state index contributed by atoms with van der Waals surface area (Å²) in [6.45, 7) is 4.71. The number of hydrogen-bond donors (Lipinski definition) is 1. The second-order valence-electron chi connectivity index (χ2n) is 3.15. The molecule has 0 radical (unpaired) electrons. The maximum atomic E-state index is 11.5. The van der Waals surface area contributed by atoms with E-state index in [4.69, 9.17) is 9.84 Å². The van der Waals surface area contributed by atoms with Gasteiger partial charge < -0.3 is 14.7 Å². The SMILES string of the molecule is COCCC(=O)N(CCO)C(C)C. The minimum atomic E-state index is 0.0108. The van der Waals surface area contributed by atoms with Crippen LogP contribution in [0.5, 0.6) is 0 Å². The van der Waals surface area contributed by atoms with Gasteiger partial charge in [-0.15, -0.1) is 0 Å². The number of amides is 1. The van der Waals surface area contributed by atoms with Gasteiger partial charge in [0, 0.05) is 19.7 Å². The van der Waals surface area contributed by atoms with Crippen molar-refractivity contribution in [3.63, 3.8) is 0 Å². The van der Waals surface area contributed by atoms with Crippen LogP contribution in [0.4, 0.5) is 0 Å². The van der Waals surface area contributed by atoms with Crippen LogP contribution in [0, 0.1) is 0 Å². The lowest BCUT2D eigenvalue weighted by molar-refractivity contribution is -0.134. The van der Waals surface area contributed by atoms with Gasteiger partial charge in [-0.2, -0.15) is 0 Å². The Labute approximate surface area is 79.5 Å². The van der Waals surface area contributed by atoms with Crippen LogP contribution in [0.3, 0.4) is 0 Å². The molecule has 0 atom stereocenters. The van der Waals surface area contributed by atoms with Crippen LogP contribution in [-0.4, -0.2) is 48.8 Å². The van der Waals surface area contributed by atoms with Crippen LogP contribution in [0.2, 0.25) is 0 Å². The summed E-state index contributed by atoms with van der Waals surface area (Å²) in [5.41, 5.74) is 0. The molecule has 0 saturated carbocycles. The number of ether oxygens (including phenoxy) is 1. The van der Waals surface area contributed by atoms with Crippen LogP contribution < -0.4 is 0 Å². The third-order valence-corrected chi connectivity index (χ3v) is 1.80. The molecule has 0 aliphatic rings. The Kier molecular flexibility index (Phi) is 6.54. The Hall–Kier alpha value is -0.610. The highest BCUT2D eigenvalue weighted by Gasteiger charge is 2.15. The van der Waals surface area contributed by atoms with Crippen molar-refractivity contribution < 1.29 is 14.6 Å². The van der Waals surface area contributed by atoms with Crippen LogP contribution in [0.1, 0.15) is 20.3 Å². The molecule has 1 amide bonds. The normalized spacial score (nSPS) is 10.5. The highest BCUT2D eigenvalue weighted by Crippen LogP contribution is 2.01. The Balaban J connectivity index is 3.96. The van der Waals surface area contributed by atoms with Crippen LogP contribution in [0.15, 0.2) is 0 Å². The van der Waals surface area contributed by atoms with E-state index in [9.17, 15) is 4.79 Å². The average Bonchev–Trinajstić information content (AvgIpc) is 2.09. The van der Waals surface area contributed by atoms with Crippen LogP contribution in [-0.2, 0) is 9.53 Å². The lowest BCUT2D eigenvalue weighted by Gasteiger charge is -2.25. The number of carbonyl (C=O) groups is 1. The maximum absolute atomic E-state index is 11.5.